The number of amides is 2. The smallest absolute Gasteiger partial charge is 0.323 e. The van der Waals surface area contributed by atoms with Crippen LogP contribution in [0.2, 0.25) is 0 Å². The molecule has 0 unspecified atom stereocenters. The quantitative estimate of drug-likeness (QED) is 0.523. The molecule has 0 fully saturated rings. The molecule has 1 aromatic heterocycles. The highest BCUT2D eigenvalue weighted by Crippen LogP contribution is 2.25. The monoisotopic (exact) mass is 350 g/mol. The Morgan fingerprint density at radius 2 is 1.35 bits per heavy atom. The topological polar surface area (TPSA) is 106 Å². The Balaban J connectivity index is 1.57. The van der Waals surface area contributed by atoms with E-state index in [0.717, 1.165) is 0 Å². The van der Waals surface area contributed by atoms with Gasteiger partial charge >= 0.3 is 6.03 Å². The third kappa shape index (κ3) is 4.54. The maximum atomic E-state index is 11.9. The second kappa shape index (κ2) is 7.75. The third-order valence-corrected chi connectivity index (χ3v) is 3.33. The molecule has 1 heterocycles. The molecule has 0 spiro atoms. The van der Waals surface area contributed by atoms with Gasteiger partial charge in [-0.05, 0) is 48.5 Å². The van der Waals surface area contributed by atoms with Crippen molar-refractivity contribution in [3.05, 3.63) is 83.2 Å². The van der Waals surface area contributed by atoms with Crippen LogP contribution >= 0.6 is 0 Å². The number of nitrogens with zero attached hydrogens (tertiary/aromatic N) is 2. The summed E-state index contributed by atoms with van der Waals surface area (Å²) in [5, 5.41) is 16.0. The van der Waals surface area contributed by atoms with Crippen LogP contribution < -0.4 is 15.4 Å². The average molecular weight is 350 g/mol. The van der Waals surface area contributed by atoms with Gasteiger partial charge in [-0.1, -0.05) is 0 Å². The van der Waals surface area contributed by atoms with Crippen molar-refractivity contribution in [2.75, 3.05) is 10.6 Å². The maximum Gasteiger partial charge on any atom is 0.323 e. The first-order chi connectivity index (χ1) is 12.6. The number of hydrogen-bond acceptors (Lipinski definition) is 5. The first-order valence-electron chi connectivity index (χ1n) is 7.60. The summed E-state index contributed by atoms with van der Waals surface area (Å²) in [6, 6.07) is 15.5. The summed E-state index contributed by atoms with van der Waals surface area (Å²) in [6.45, 7) is 0. The molecule has 130 valence electrons. The summed E-state index contributed by atoms with van der Waals surface area (Å²) in [4.78, 5) is 26.0. The lowest BCUT2D eigenvalue weighted by molar-refractivity contribution is -0.384. The Kier molecular flexibility index (Phi) is 5.04. The van der Waals surface area contributed by atoms with Crippen LogP contribution in [0.4, 0.5) is 21.9 Å². The number of carbonyl (C=O) groups is 1. The van der Waals surface area contributed by atoms with Crippen LogP contribution in [0, 0.1) is 10.1 Å². The number of non-ortho nitro benzene ring substituents is 1. The molecule has 0 saturated heterocycles. The number of rotatable bonds is 5. The maximum absolute atomic E-state index is 11.9. The molecule has 0 radical (unpaired) electrons. The largest absolute Gasteiger partial charge is 0.457 e. The Labute approximate surface area is 148 Å². The Bertz CT molecular complexity index is 897. The van der Waals surface area contributed by atoms with Gasteiger partial charge in [-0.15, -0.1) is 0 Å². The predicted octanol–water partition coefficient (Wildman–Crippen LogP) is 4.43. The fourth-order valence-electron chi connectivity index (χ4n) is 2.11. The molecule has 0 aliphatic heterocycles. The summed E-state index contributed by atoms with van der Waals surface area (Å²) >= 11 is 0. The summed E-state index contributed by atoms with van der Waals surface area (Å²) in [5.74, 6) is 1.02. The molecule has 3 aromatic rings. The lowest BCUT2D eigenvalue weighted by atomic mass is 10.3. The molecule has 3 rings (SSSR count). The molecule has 0 aliphatic rings. The van der Waals surface area contributed by atoms with Crippen molar-refractivity contribution in [1.82, 2.24) is 4.98 Å². The van der Waals surface area contributed by atoms with Crippen molar-refractivity contribution >= 4 is 23.1 Å². The molecule has 2 N–H and O–H groups in total. The minimum atomic E-state index is -0.471. The number of nitro benzene ring substituents is 1. The molecule has 0 saturated carbocycles. The van der Waals surface area contributed by atoms with E-state index in [0.29, 0.717) is 22.9 Å². The van der Waals surface area contributed by atoms with E-state index in [1.807, 2.05) is 0 Å². The summed E-state index contributed by atoms with van der Waals surface area (Å²) in [6.07, 6.45) is 3.17. The number of nitrogens with one attached hydrogen (secondary N) is 2. The number of hydrogen-bond donors (Lipinski definition) is 2. The van der Waals surface area contributed by atoms with E-state index in [4.69, 9.17) is 4.74 Å². The molecular weight excluding hydrogens is 336 g/mol. The number of pyridine rings is 1. The highest BCUT2D eigenvalue weighted by molar-refractivity contribution is 5.99. The van der Waals surface area contributed by atoms with E-state index in [1.54, 1.807) is 48.8 Å². The van der Waals surface area contributed by atoms with E-state index >= 15 is 0 Å². The van der Waals surface area contributed by atoms with Crippen molar-refractivity contribution in [2.45, 2.75) is 0 Å². The van der Waals surface area contributed by atoms with Gasteiger partial charge in [-0.3, -0.25) is 15.1 Å². The zero-order chi connectivity index (χ0) is 18.4. The molecule has 0 bridgehead atoms. The number of aromatic nitrogens is 1. The van der Waals surface area contributed by atoms with Gasteiger partial charge in [0.25, 0.3) is 5.69 Å². The molecule has 2 amide bonds. The molecule has 8 heteroatoms. The number of carbonyl (C=O) groups excluding carboxylic acids is 1. The van der Waals surface area contributed by atoms with Crippen LogP contribution in [-0.2, 0) is 0 Å². The van der Waals surface area contributed by atoms with Crippen LogP contribution in [0.15, 0.2) is 73.1 Å². The average Bonchev–Trinajstić information content (AvgIpc) is 2.64. The van der Waals surface area contributed by atoms with E-state index in [2.05, 4.69) is 15.6 Å². The van der Waals surface area contributed by atoms with Gasteiger partial charge < -0.3 is 15.4 Å². The van der Waals surface area contributed by atoms with Crippen molar-refractivity contribution in [3.63, 3.8) is 0 Å². The molecule has 26 heavy (non-hydrogen) atoms. The third-order valence-electron chi connectivity index (χ3n) is 3.33. The minimum absolute atomic E-state index is 0.00268. The normalized spacial score (nSPS) is 10.0. The van der Waals surface area contributed by atoms with Crippen molar-refractivity contribution in [3.8, 4) is 11.5 Å². The molecular formula is C18H14N4O4. The number of ether oxygens (including phenoxy) is 1. The zero-order valence-corrected chi connectivity index (χ0v) is 13.5. The molecule has 0 aliphatic carbocycles. The van der Waals surface area contributed by atoms with Gasteiger partial charge in [0.15, 0.2) is 0 Å². The van der Waals surface area contributed by atoms with Gasteiger partial charge in [-0.2, -0.15) is 0 Å². The molecule has 0 atom stereocenters. The van der Waals surface area contributed by atoms with Crippen LogP contribution in [0.5, 0.6) is 11.5 Å². The fourth-order valence-corrected chi connectivity index (χ4v) is 2.11. The van der Waals surface area contributed by atoms with Gasteiger partial charge in [0.1, 0.15) is 11.5 Å². The highest BCUT2D eigenvalue weighted by atomic mass is 16.6. The predicted molar refractivity (Wildman–Crippen MR) is 96.5 cm³/mol. The molecule has 2 aromatic carbocycles. The zero-order valence-electron chi connectivity index (χ0n) is 13.5. The van der Waals surface area contributed by atoms with E-state index < -0.39 is 4.92 Å². The number of benzene rings is 2. The van der Waals surface area contributed by atoms with Crippen molar-refractivity contribution in [2.24, 2.45) is 0 Å². The Hall–Kier alpha value is -3.94. The van der Waals surface area contributed by atoms with Gasteiger partial charge in [-0.25, -0.2) is 4.79 Å². The standard InChI is InChI=1S/C18H14N4O4/c23-18(21-14-9-11-19-12-10-14)20-13-1-5-16(6-2-13)26-17-7-3-15(4-8-17)22(24)25/h1-12H,(H2,19,20,21,23). The number of anilines is 2. The number of urea groups is 1. The minimum Gasteiger partial charge on any atom is -0.457 e. The van der Waals surface area contributed by atoms with E-state index in [-0.39, 0.29) is 11.7 Å². The lowest BCUT2D eigenvalue weighted by Gasteiger charge is -2.09. The second-order valence-electron chi connectivity index (χ2n) is 5.19. The highest BCUT2D eigenvalue weighted by Gasteiger charge is 2.06. The molecule has 8 nitrogen and oxygen atoms in total. The van der Waals surface area contributed by atoms with Crippen LogP contribution in [0.25, 0.3) is 0 Å². The summed E-state index contributed by atoms with van der Waals surface area (Å²) in [5.41, 5.74) is 1.22. The van der Waals surface area contributed by atoms with Crippen molar-refractivity contribution < 1.29 is 14.5 Å². The SMILES string of the molecule is O=C(Nc1ccncc1)Nc1ccc(Oc2ccc([N+](=O)[O-])cc2)cc1. The summed E-state index contributed by atoms with van der Waals surface area (Å²) in [7, 11) is 0. The first kappa shape index (κ1) is 16.9. The van der Waals surface area contributed by atoms with Crippen LogP contribution in [0.3, 0.4) is 0 Å². The second-order valence-corrected chi connectivity index (χ2v) is 5.19. The summed E-state index contributed by atoms with van der Waals surface area (Å²) < 4.78 is 5.61. The van der Waals surface area contributed by atoms with Crippen LogP contribution in [0.1, 0.15) is 0 Å². The van der Waals surface area contributed by atoms with Crippen molar-refractivity contribution in [1.29, 1.82) is 0 Å². The van der Waals surface area contributed by atoms with Gasteiger partial charge in [0, 0.05) is 35.9 Å². The van der Waals surface area contributed by atoms with E-state index in [9.17, 15) is 14.9 Å². The van der Waals surface area contributed by atoms with Crippen LogP contribution in [-0.4, -0.2) is 15.9 Å². The lowest BCUT2D eigenvalue weighted by Crippen LogP contribution is -2.19. The number of nitro groups is 1. The Morgan fingerprint density at radius 1 is 0.846 bits per heavy atom. The Morgan fingerprint density at radius 3 is 1.88 bits per heavy atom. The van der Waals surface area contributed by atoms with Gasteiger partial charge in [0.2, 0.25) is 0 Å². The van der Waals surface area contributed by atoms with Gasteiger partial charge in [0.05, 0.1) is 4.92 Å². The first-order valence-corrected chi connectivity index (χ1v) is 7.60. The fraction of sp³-hybridized carbons (Fsp3) is 0. The van der Waals surface area contributed by atoms with E-state index in [1.165, 1.54) is 24.3 Å².